The molecule has 2 heterocycles. The SMILES string of the molecule is O=C(COc1ccc2c(c1)OC(F)(F)O2)NC1CC2(NC(=O)C3=CCC(OC(F)F)NC3)CC1C2. The summed E-state index contributed by atoms with van der Waals surface area (Å²) in [5.41, 5.74) is 0.0413. The van der Waals surface area contributed by atoms with Crippen molar-refractivity contribution >= 4 is 11.8 Å². The predicted molar refractivity (Wildman–Crippen MR) is 110 cm³/mol. The third kappa shape index (κ3) is 5.15. The topological polar surface area (TPSA) is 107 Å². The average molecular weight is 501 g/mol. The zero-order valence-electron chi connectivity index (χ0n) is 18.3. The molecule has 1 aromatic carbocycles. The summed E-state index contributed by atoms with van der Waals surface area (Å²) in [4.78, 5) is 25.0. The summed E-state index contributed by atoms with van der Waals surface area (Å²) >= 11 is 0. The van der Waals surface area contributed by atoms with E-state index in [1.54, 1.807) is 6.08 Å². The Labute approximate surface area is 197 Å². The molecule has 3 saturated carbocycles. The van der Waals surface area contributed by atoms with Gasteiger partial charge in [0.2, 0.25) is 5.91 Å². The number of alkyl halides is 4. The Morgan fingerprint density at radius 1 is 1.17 bits per heavy atom. The molecule has 0 spiro atoms. The monoisotopic (exact) mass is 501 g/mol. The number of carbonyl (C=O) groups excluding carboxylic acids is 2. The summed E-state index contributed by atoms with van der Waals surface area (Å²) in [5.74, 6) is -0.551. The van der Waals surface area contributed by atoms with Gasteiger partial charge in [0, 0.05) is 36.2 Å². The van der Waals surface area contributed by atoms with E-state index >= 15 is 0 Å². The lowest BCUT2D eigenvalue weighted by Crippen LogP contribution is -2.53. The summed E-state index contributed by atoms with van der Waals surface area (Å²) in [7, 11) is 0. The second kappa shape index (κ2) is 8.86. The van der Waals surface area contributed by atoms with Gasteiger partial charge >= 0.3 is 12.9 Å². The Morgan fingerprint density at radius 2 is 1.94 bits per heavy atom. The van der Waals surface area contributed by atoms with Crippen molar-refractivity contribution in [1.29, 1.82) is 0 Å². The van der Waals surface area contributed by atoms with Gasteiger partial charge in [-0.05, 0) is 37.3 Å². The maximum absolute atomic E-state index is 13.1. The molecule has 1 aromatic rings. The van der Waals surface area contributed by atoms with Crippen molar-refractivity contribution in [1.82, 2.24) is 16.0 Å². The number of nitrogens with one attached hydrogen (secondary N) is 3. The number of halogens is 4. The van der Waals surface area contributed by atoms with Crippen LogP contribution in [0.2, 0.25) is 0 Å². The van der Waals surface area contributed by atoms with Gasteiger partial charge in [0.15, 0.2) is 18.1 Å². The number of amides is 2. The quantitative estimate of drug-likeness (QED) is 0.468. The Morgan fingerprint density at radius 3 is 2.66 bits per heavy atom. The Kier molecular flexibility index (Phi) is 5.99. The van der Waals surface area contributed by atoms with Crippen molar-refractivity contribution in [2.24, 2.45) is 5.92 Å². The maximum Gasteiger partial charge on any atom is 0.586 e. The highest BCUT2D eigenvalue weighted by molar-refractivity contribution is 5.94. The first-order chi connectivity index (χ1) is 16.6. The fraction of sp³-hybridized carbons (Fsp3) is 0.545. The fourth-order valence-corrected chi connectivity index (χ4v) is 5.07. The summed E-state index contributed by atoms with van der Waals surface area (Å²) in [6.07, 6.45) is -0.808. The van der Waals surface area contributed by atoms with Crippen LogP contribution in [0.3, 0.4) is 0 Å². The molecule has 190 valence electrons. The van der Waals surface area contributed by atoms with E-state index in [1.807, 2.05) is 0 Å². The van der Waals surface area contributed by atoms with Gasteiger partial charge in [-0.2, -0.15) is 8.78 Å². The summed E-state index contributed by atoms with van der Waals surface area (Å²) in [6, 6.07) is 3.75. The zero-order chi connectivity index (χ0) is 24.8. The number of hydrogen-bond acceptors (Lipinski definition) is 7. The van der Waals surface area contributed by atoms with Crippen molar-refractivity contribution in [3.63, 3.8) is 0 Å². The third-order valence-corrected chi connectivity index (χ3v) is 6.61. The van der Waals surface area contributed by atoms with Gasteiger partial charge in [0.25, 0.3) is 5.91 Å². The van der Waals surface area contributed by atoms with E-state index in [4.69, 9.17) is 4.74 Å². The summed E-state index contributed by atoms with van der Waals surface area (Å²) in [5, 5.41) is 8.69. The van der Waals surface area contributed by atoms with Crippen LogP contribution in [0.5, 0.6) is 17.2 Å². The first kappa shape index (κ1) is 23.7. The second-order valence-corrected chi connectivity index (χ2v) is 9.08. The molecule has 0 aromatic heterocycles. The lowest BCUT2D eigenvalue weighted by molar-refractivity contribution is -0.286. The van der Waals surface area contributed by atoms with E-state index in [2.05, 4.69) is 30.2 Å². The van der Waals surface area contributed by atoms with Crippen LogP contribution in [0.1, 0.15) is 25.7 Å². The molecule has 9 nitrogen and oxygen atoms in total. The molecule has 2 atom stereocenters. The number of carbonyl (C=O) groups is 2. The highest BCUT2D eigenvalue weighted by atomic mass is 19.3. The third-order valence-electron chi connectivity index (χ3n) is 6.61. The van der Waals surface area contributed by atoms with E-state index in [-0.39, 0.29) is 60.6 Å². The van der Waals surface area contributed by atoms with Gasteiger partial charge in [-0.1, -0.05) is 6.08 Å². The first-order valence-corrected chi connectivity index (χ1v) is 11.1. The van der Waals surface area contributed by atoms with E-state index < -0.39 is 24.7 Å². The van der Waals surface area contributed by atoms with Crippen LogP contribution >= 0.6 is 0 Å². The predicted octanol–water partition coefficient (Wildman–Crippen LogP) is 2.03. The highest BCUT2D eigenvalue weighted by Crippen LogP contribution is 2.52. The molecule has 0 saturated heterocycles. The molecule has 2 unspecified atom stereocenters. The molecular formula is C22H23F4N3O6. The molecule has 2 aliphatic heterocycles. The van der Waals surface area contributed by atoms with Gasteiger partial charge in [-0.3, -0.25) is 14.9 Å². The van der Waals surface area contributed by atoms with Crippen LogP contribution in [-0.2, 0) is 14.3 Å². The minimum atomic E-state index is -3.73. The van der Waals surface area contributed by atoms with Gasteiger partial charge in [0.1, 0.15) is 12.0 Å². The van der Waals surface area contributed by atoms with Gasteiger partial charge < -0.3 is 29.6 Å². The van der Waals surface area contributed by atoms with Crippen molar-refractivity contribution in [2.45, 2.75) is 56.4 Å². The van der Waals surface area contributed by atoms with Crippen LogP contribution in [-0.4, -0.2) is 55.7 Å². The van der Waals surface area contributed by atoms with E-state index in [0.29, 0.717) is 12.0 Å². The molecule has 35 heavy (non-hydrogen) atoms. The molecule has 6 rings (SSSR count). The number of benzene rings is 1. The van der Waals surface area contributed by atoms with Crippen molar-refractivity contribution < 1.29 is 46.1 Å². The van der Waals surface area contributed by atoms with Crippen molar-refractivity contribution in [2.75, 3.05) is 13.2 Å². The first-order valence-electron chi connectivity index (χ1n) is 11.1. The second-order valence-electron chi connectivity index (χ2n) is 9.08. The van der Waals surface area contributed by atoms with E-state index in [9.17, 15) is 27.2 Å². The van der Waals surface area contributed by atoms with Gasteiger partial charge in [0.05, 0.1) is 0 Å². The summed E-state index contributed by atoms with van der Waals surface area (Å²) in [6.45, 7) is -3.08. The van der Waals surface area contributed by atoms with Crippen LogP contribution in [0, 0.1) is 5.92 Å². The molecule has 2 bridgehead atoms. The van der Waals surface area contributed by atoms with E-state index in [1.165, 1.54) is 18.2 Å². The van der Waals surface area contributed by atoms with Crippen molar-refractivity contribution in [3.05, 3.63) is 29.8 Å². The number of fused-ring (bicyclic) bond motifs is 2. The molecule has 2 amide bonds. The number of ether oxygens (including phenoxy) is 4. The fourth-order valence-electron chi connectivity index (χ4n) is 5.07. The number of hydrogen-bond donors (Lipinski definition) is 3. The minimum Gasteiger partial charge on any atom is -0.484 e. The van der Waals surface area contributed by atoms with Crippen LogP contribution in [0.4, 0.5) is 17.6 Å². The zero-order valence-corrected chi connectivity index (χ0v) is 18.3. The standard InChI is InChI=1S/C22H23F4N3O6/c23-20(24)33-18-4-1-11(9-27-18)19(31)29-21-6-12(7-21)14(8-21)28-17(30)10-32-13-2-3-15-16(5-13)35-22(25,26)34-15/h1-3,5,12,14,18,20,27H,4,6-10H2,(H,28,30)(H,29,31). The lowest BCUT2D eigenvalue weighted by Gasteiger charge is -2.39. The maximum atomic E-state index is 13.1. The largest absolute Gasteiger partial charge is 0.586 e. The lowest BCUT2D eigenvalue weighted by atomic mass is 9.76. The van der Waals surface area contributed by atoms with Gasteiger partial charge in [-0.25, -0.2) is 0 Å². The highest BCUT2D eigenvalue weighted by Gasteiger charge is 2.57. The van der Waals surface area contributed by atoms with Crippen LogP contribution in [0.25, 0.3) is 0 Å². The molecule has 3 aliphatic carbocycles. The van der Waals surface area contributed by atoms with Crippen molar-refractivity contribution in [3.8, 4) is 17.2 Å². The molecule has 3 N–H and O–H groups in total. The minimum absolute atomic E-state index is 0.119. The average Bonchev–Trinajstić information content (AvgIpc) is 3.38. The normalized spacial score (nSPS) is 29.9. The molecule has 5 aliphatic rings. The molecular weight excluding hydrogens is 478 g/mol. The Hall–Kier alpha value is -3.06. The van der Waals surface area contributed by atoms with Crippen LogP contribution < -0.4 is 30.2 Å². The Balaban J connectivity index is 1.07. The van der Waals surface area contributed by atoms with Crippen LogP contribution in [0.15, 0.2) is 29.8 Å². The molecule has 3 fully saturated rings. The smallest absolute Gasteiger partial charge is 0.484 e. The number of rotatable bonds is 8. The summed E-state index contributed by atoms with van der Waals surface area (Å²) < 4.78 is 69.3. The Bertz CT molecular complexity index is 1050. The van der Waals surface area contributed by atoms with E-state index in [0.717, 1.165) is 12.8 Å². The van der Waals surface area contributed by atoms with Gasteiger partial charge in [-0.15, -0.1) is 8.78 Å². The molecule has 0 radical (unpaired) electrons. The molecule has 13 heteroatoms.